The fraction of sp³-hybridized carbons (Fsp3) is 0.231. The molecule has 0 aliphatic carbocycles. The molecule has 25 heavy (non-hydrogen) atoms. The van der Waals surface area contributed by atoms with Crippen molar-refractivity contribution in [3.8, 4) is 5.69 Å². The lowest BCUT2D eigenvalue weighted by molar-refractivity contribution is -0.387. The standard InChI is InChI=1S/C13H8F5N3O4/c1-5-10(13(16,17)18)19(2)12(23)20(11(5)22)8-3-7(15)9(21(24)25)4-6(8)14/h3-4H,1-2H3. The highest BCUT2D eigenvalue weighted by molar-refractivity contribution is 5.44. The van der Waals surface area contributed by atoms with Crippen LogP contribution in [0.2, 0.25) is 0 Å². The lowest BCUT2D eigenvalue weighted by Crippen LogP contribution is -2.43. The summed E-state index contributed by atoms with van der Waals surface area (Å²) >= 11 is 0. The van der Waals surface area contributed by atoms with Crippen LogP contribution in [0.5, 0.6) is 0 Å². The zero-order chi connectivity index (χ0) is 19.3. The van der Waals surface area contributed by atoms with Crippen LogP contribution in [0.15, 0.2) is 21.7 Å². The van der Waals surface area contributed by atoms with E-state index < -0.39 is 56.6 Å². The predicted molar refractivity (Wildman–Crippen MR) is 73.6 cm³/mol. The molecule has 2 rings (SSSR count). The van der Waals surface area contributed by atoms with Gasteiger partial charge in [-0.1, -0.05) is 0 Å². The van der Waals surface area contributed by atoms with E-state index in [-0.39, 0.29) is 21.3 Å². The molecule has 0 saturated heterocycles. The van der Waals surface area contributed by atoms with Crippen molar-refractivity contribution in [1.29, 1.82) is 0 Å². The van der Waals surface area contributed by atoms with Gasteiger partial charge in [-0.15, -0.1) is 0 Å². The molecule has 2 aromatic rings. The molecule has 1 aromatic carbocycles. The van der Waals surface area contributed by atoms with Crippen molar-refractivity contribution >= 4 is 5.69 Å². The molecule has 0 bridgehead atoms. The minimum Gasteiger partial charge on any atom is -0.292 e. The van der Waals surface area contributed by atoms with E-state index in [0.29, 0.717) is 7.05 Å². The van der Waals surface area contributed by atoms with Gasteiger partial charge in [-0.3, -0.25) is 19.5 Å². The lowest BCUT2D eigenvalue weighted by Gasteiger charge is -2.17. The summed E-state index contributed by atoms with van der Waals surface area (Å²) in [7, 11) is 0.702. The molecular formula is C13H8F5N3O4. The first-order valence-electron chi connectivity index (χ1n) is 6.41. The Morgan fingerprint density at radius 1 is 1.12 bits per heavy atom. The summed E-state index contributed by atoms with van der Waals surface area (Å²) in [6.07, 6.45) is -5.03. The average molecular weight is 365 g/mol. The summed E-state index contributed by atoms with van der Waals surface area (Å²) in [5.74, 6) is -3.08. The molecule has 0 spiro atoms. The van der Waals surface area contributed by atoms with Crippen molar-refractivity contribution in [3.63, 3.8) is 0 Å². The largest absolute Gasteiger partial charge is 0.432 e. The zero-order valence-electron chi connectivity index (χ0n) is 12.5. The molecule has 0 amide bonds. The van der Waals surface area contributed by atoms with Gasteiger partial charge in [0.15, 0.2) is 5.82 Å². The molecule has 0 atom stereocenters. The average Bonchev–Trinajstić information content (AvgIpc) is 2.47. The van der Waals surface area contributed by atoms with Crippen molar-refractivity contribution in [2.24, 2.45) is 7.05 Å². The van der Waals surface area contributed by atoms with Gasteiger partial charge in [0.25, 0.3) is 5.56 Å². The number of rotatable bonds is 2. The third kappa shape index (κ3) is 2.90. The lowest BCUT2D eigenvalue weighted by atomic mass is 10.2. The fourth-order valence-corrected chi connectivity index (χ4v) is 2.31. The third-order valence-electron chi connectivity index (χ3n) is 3.42. The van der Waals surface area contributed by atoms with Gasteiger partial charge in [0.05, 0.1) is 16.7 Å². The summed E-state index contributed by atoms with van der Waals surface area (Å²) in [5, 5.41) is 10.6. The summed E-state index contributed by atoms with van der Waals surface area (Å²) in [4.78, 5) is 33.5. The van der Waals surface area contributed by atoms with Crippen LogP contribution in [0.4, 0.5) is 27.6 Å². The van der Waals surface area contributed by atoms with Crippen molar-refractivity contribution in [2.75, 3.05) is 0 Å². The number of halogens is 5. The highest BCUT2D eigenvalue weighted by Gasteiger charge is 2.38. The molecule has 1 aromatic heterocycles. The molecule has 1 heterocycles. The van der Waals surface area contributed by atoms with Crippen LogP contribution in [0.3, 0.4) is 0 Å². The van der Waals surface area contributed by atoms with Crippen molar-refractivity contribution in [1.82, 2.24) is 9.13 Å². The Hall–Kier alpha value is -3.05. The van der Waals surface area contributed by atoms with Crippen molar-refractivity contribution < 1.29 is 26.9 Å². The number of nitro benzene ring substituents is 1. The maximum Gasteiger partial charge on any atom is 0.432 e. The smallest absolute Gasteiger partial charge is 0.292 e. The zero-order valence-corrected chi connectivity index (χ0v) is 12.5. The monoisotopic (exact) mass is 365 g/mol. The first kappa shape index (κ1) is 18.3. The summed E-state index contributed by atoms with van der Waals surface area (Å²) in [6, 6.07) is 0.326. The van der Waals surface area contributed by atoms with Crippen LogP contribution in [0, 0.1) is 28.7 Å². The Bertz CT molecular complexity index is 969. The molecule has 0 saturated carbocycles. The van der Waals surface area contributed by atoms with Crippen LogP contribution < -0.4 is 11.2 Å². The predicted octanol–water partition coefficient (Wildman–Crippen LogP) is 2.05. The second-order valence-electron chi connectivity index (χ2n) is 4.97. The molecule has 7 nitrogen and oxygen atoms in total. The van der Waals surface area contributed by atoms with Gasteiger partial charge in [-0.25, -0.2) is 13.8 Å². The Labute approximate surface area is 134 Å². The molecule has 0 aliphatic rings. The van der Waals surface area contributed by atoms with Gasteiger partial charge >= 0.3 is 17.6 Å². The molecule has 12 heteroatoms. The molecule has 0 fully saturated rings. The van der Waals surface area contributed by atoms with Gasteiger partial charge in [0, 0.05) is 18.7 Å². The maximum absolute atomic E-state index is 14.0. The van der Waals surface area contributed by atoms with Gasteiger partial charge in [0.2, 0.25) is 5.82 Å². The molecular weight excluding hydrogens is 357 g/mol. The minimum atomic E-state index is -5.03. The van der Waals surface area contributed by atoms with E-state index in [1.165, 1.54) is 0 Å². The first-order chi connectivity index (χ1) is 11.4. The van der Waals surface area contributed by atoms with Gasteiger partial charge in [0.1, 0.15) is 5.69 Å². The highest BCUT2D eigenvalue weighted by Crippen LogP contribution is 2.29. The summed E-state index contributed by atoms with van der Waals surface area (Å²) < 4.78 is 66.7. The molecule has 0 unspecified atom stereocenters. The van der Waals surface area contributed by atoms with E-state index in [9.17, 15) is 41.7 Å². The van der Waals surface area contributed by atoms with Gasteiger partial charge in [-0.2, -0.15) is 17.6 Å². The number of benzene rings is 1. The summed E-state index contributed by atoms with van der Waals surface area (Å²) in [6.45, 7) is 0.765. The van der Waals surface area contributed by atoms with E-state index in [1.807, 2.05) is 0 Å². The number of nitrogens with zero attached hydrogens (tertiary/aromatic N) is 3. The third-order valence-corrected chi connectivity index (χ3v) is 3.42. The van der Waals surface area contributed by atoms with Crippen LogP contribution >= 0.6 is 0 Å². The Morgan fingerprint density at radius 2 is 1.68 bits per heavy atom. The number of aromatic nitrogens is 2. The number of hydrogen-bond acceptors (Lipinski definition) is 4. The van der Waals surface area contributed by atoms with E-state index >= 15 is 0 Å². The van der Waals surface area contributed by atoms with E-state index in [2.05, 4.69) is 0 Å². The SMILES string of the molecule is Cc1c(C(F)(F)F)n(C)c(=O)n(-c2cc(F)c([N+](=O)[O-])cc2F)c1=O. The molecule has 134 valence electrons. The second kappa shape index (κ2) is 5.79. The molecule has 0 radical (unpaired) electrons. The minimum absolute atomic E-state index is 0.0211. The second-order valence-corrected chi connectivity index (χ2v) is 4.97. The normalized spacial score (nSPS) is 11.6. The highest BCUT2D eigenvalue weighted by atomic mass is 19.4. The Morgan fingerprint density at radius 3 is 2.16 bits per heavy atom. The number of nitro groups is 1. The van der Waals surface area contributed by atoms with E-state index in [1.54, 1.807) is 0 Å². The molecule has 0 aliphatic heterocycles. The van der Waals surface area contributed by atoms with Crippen LogP contribution in [0.1, 0.15) is 11.3 Å². The van der Waals surface area contributed by atoms with Crippen LogP contribution in [-0.2, 0) is 13.2 Å². The van der Waals surface area contributed by atoms with Gasteiger partial charge < -0.3 is 0 Å². The quantitative estimate of drug-likeness (QED) is 0.463. The first-order valence-corrected chi connectivity index (χ1v) is 6.41. The van der Waals surface area contributed by atoms with Crippen LogP contribution in [0.25, 0.3) is 5.69 Å². The summed E-state index contributed by atoms with van der Waals surface area (Å²) in [5.41, 5.74) is -7.87. The van der Waals surface area contributed by atoms with Crippen LogP contribution in [-0.4, -0.2) is 14.1 Å². The Kier molecular flexibility index (Phi) is 4.24. The van der Waals surface area contributed by atoms with E-state index in [0.717, 1.165) is 6.92 Å². The maximum atomic E-state index is 14.0. The van der Waals surface area contributed by atoms with Crippen molar-refractivity contribution in [2.45, 2.75) is 13.1 Å². The van der Waals surface area contributed by atoms with Gasteiger partial charge in [-0.05, 0) is 6.92 Å². The number of alkyl halides is 3. The number of hydrogen-bond donors (Lipinski definition) is 0. The Balaban J connectivity index is 2.92. The molecule has 0 N–H and O–H groups in total. The van der Waals surface area contributed by atoms with E-state index in [4.69, 9.17) is 0 Å². The fourth-order valence-electron chi connectivity index (χ4n) is 2.31. The van der Waals surface area contributed by atoms with Crippen molar-refractivity contribution in [3.05, 3.63) is 66.0 Å². The topological polar surface area (TPSA) is 87.1 Å².